The quantitative estimate of drug-likeness (QED) is 0.582. The number of nitrogens with zero attached hydrogens (tertiary/aromatic N) is 2. The van der Waals surface area contributed by atoms with E-state index in [-0.39, 0.29) is 5.76 Å². The molecule has 0 aromatic carbocycles. The summed E-state index contributed by atoms with van der Waals surface area (Å²) in [4.78, 5) is 25.9. The Labute approximate surface area is 127 Å². The highest BCUT2D eigenvalue weighted by molar-refractivity contribution is 7.14. The van der Waals surface area contributed by atoms with E-state index in [1.807, 2.05) is 13.0 Å². The van der Waals surface area contributed by atoms with Crippen LogP contribution in [-0.2, 0) is 0 Å². The number of nitrogens with one attached hydrogen (secondary N) is 1. The highest BCUT2D eigenvalue weighted by Crippen LogP contribution is 2.27. The van der Waals surface area contributed by atoms with Gasteiger partial charge in [0.25, 0.3) is 5.91 Å². The maximum absolute atomic E-state index is 11.9. The van der Waals surface area contributed by atoms with E-state index in [0.29, 0.717) is 16.6 Å². The minimum atomic E-state index is -0.711. The third-order valence-corrected chi connectivity index (χ3v) is 3.47. The summed E-state index contributed by atoms with van der Waals surface area (Å²) in [7, 11) is 0. The van der Waals surface area contributed by atoms with Crippen molar-refractivity contribution in [1.29, 1.82) is 0 Å². The first kappa shape index (κ1) is 14.0. The number of anilines is 1. The lowest BCUT2D eigenvalue weighted by molar-refractivity contribution is -0.402. The molecular formula is C13H9N3O5S. The molecule has 112 valence electrons. The standard InChI is InChI=1S/C13H9N3O5S/c1-7-2-3-9(20-7)8-6-22-13(14-8)15-12(17)10-4-5-11(21-10)16(18)19/h2-6H,1H3,(H,14,15,17). The number of nitro groups is 1. The fourth-order valence-corrected chi connectivity index (χ4v) is 2.42. The average Bonchev–Trinajstić information content (AvgIpc) is 3.17. The van der Waals surface area contributed by atoms with Crippen LogP contribution in [0.15, 0.2) is 38.5 Å². The van der Waals surface area contributed by atoms with Gasteiger partial charge in [0.1, 0.15) is 16.4 Å². The summed E-state index contributed by atoms with van der Waals surface area (Å²) >= 11 is 1.21. The summed E-state index contributed by atoms with van der Waals surface area (Å²) in [5.74, 6) is 0.109. The third-order valence-electron chi connectivity index (χ3n) is 2.71. The number of hydrogen-bond donors (Lipinski definition) is 1. The van der Waals surface area contributed by atoms with Crippen molar-refractivity contribution in [2.45, 2.75) is 6.92 Å². The molecule has 0 aliphatic rings. The number of aromatic nitrogens is 1. The molecule has 1 N–H and O–H groups in total. The Kier molecular flexibility index (Phi) is 3.47. The first-order valence-electron chi connectivity index (χ1n) is 6.11. The van der Waals surface area contributed by atoms with Crippen molar-refractivity contribution in [2.24, 2.45) is 0 Å². The molecule has 3 aromatic heterocycles. The van der Waals surface area contributed by atoms with Gasteiger partial charge in [-0.15, -0.1) is 11.3 Å². The van der Waals surface area contributed by atoms with Gasteiger partial charge in [-0.25, -0.2) is 4.98 Å². The van der Waals surface area contributed by atoms with E-state index in [0.717, 1.165) is 11.8 Å². The number of carbonyl (C=O) groups is 1. The summed E-state index contributed by atoms with van der Waals surface area (Å²) in [6.07, 6.45) is 0. The minimum Gasteiger partial charge on any atom is -0.460 e. The average molecular weight is 319 g/mol. The molecule has 0 saturated heterocycles. The number of thiazole rings is 1. The normalized spacial score (nSPS) is 10.6. The van der Waals surface area contributed by atoms with Gasteiger partial charge in [-0.2, -0.15) is 0 Å². The Morgan fingerprint density at radius 2 is 2.14 bits per heavy atom. The van der Waals surface area contributed by atoms with Crippen LogP contribution in [0.4, 0.5) is 11.0 Å². The van der Waals surface area contributed by atoms with E-state index in [2.05, 4.69) is 10.3 Å². The van der Waals surface area contributed by atoms with Gasteiger partial charge in [0.05, 0.1) is 6.07 Å². The Balaban J connectivity index is 1.74. The van der Waals surface area contributed by atoms with E-state index in [1.165, 1.54) is 17.4 Å². The second-order valence-corrected chi connectivity index (χ2v) is 5.16. The van der Waals surface area contributed by atoms with Crippen LogP contribution >= 0.6 is 11.3 Å². The fourth-order valence-electron chi connectivity index (χ4n) is 1.72. The van der Waals surface area contributed by atoms with Gasteiger partial charge in [-0.05, 0) is 25.1 Å². The molecular weight excluding hydrogens is 310 g/mol. The topological polar surface area (TPSA) is 111 Å². The fraction of sp³-hybridized carbons (Fsp3) is 0.0769. The first-order valence-corrected chi connectivity index (χ1v) is 6.99. The summed E-state index contributed by atoms with van der Waals surface area (Å²) < 4.78 is 10.3. The summed E-state index contributed by atoms with van der Waals surface area (Å²) in [5, 5.41) is 15.1. The van der Waals surface area contributed by atoms with Gasteiger partial charge in [-0.1, -0.05) is 0 Å². The van der Waals surface area contributed by atoms with E-state index < -0.39 is 16.7 Å². The summed E-state index contributed by atoms with van der Waals surface area (Å²) in [5.41, 5.74) is 0.596. The predicted molar refractivity (Wildman–Crippen MR) is 77.9 cm³/mol. The molecule has 3 aromatic rings. The second kappa shape index (κ2) is 5.45. The molecule has 0 radical (unpaired) electrons. The van der Waals surface area contributed by atoms with Crippen molar-refractivity contribution in [1.82, 2.24) is 4.98 Å². The van der Waals surface area contributed by atoms with Crippen molar-refractivity contribution in [3.8, 4) is 11.5 Å². The van der Waals surface area contributed by atoms with Crippen LogP contribution in [0, 0.1) is 17.0 Å². The van der Waals surface area contributed by atoms with Gasteiger partial charge >= 0.3 is 5.88 Å². The lowest BCUT2D eigenvalue weighted by atomic mass is 10.4. The third kappa shape index (κ3) is 2.74. The number of furan rings is 2. The van der Waals surface area contributed by atoms with E-state index in [4.69, 9.17) is 8.83 Å². The Bertz CT molecular complexity index is 847. The molecule has 0 saturated carbocycles. The van der Waals surface area contributed by atoms with Gasteiger partial charge in [0.15, 0.2) is 16.7 Å². The van der Waals surface area contributed by atoms with Crippen LogP contribution in [-0.4, -0.2) is 15.8 Å². The second-order valence-electron chi connectivity index (χ2n) is 4.30. The zero-order valence-corrected chi connectivity index (χ0v) is 12.0. The molecule has 0 aliphatic heterocycles. The zero-order chi connectivity index (χ0) is 15.7. The molecule has 0 spiro atoms. The highest BCUT2D eigenvalue weighted by Gasteiger charge is 2.18. The van der Waals surface area contributed by atoms with E-state index >= 15 is 0 Å². The van der Waals surface area contributed by atoms with Gasteiger partial charge in [-0.3, -0.25) is 20.2 Å². The summed E-state index contributed by atoms with van der Waals surface area (Å²) in [6, 6.07) is 5.95. The molecule has 0 unspecified atom stereocenters. The van der Waals surface area contributed by atoms with Crippen LogP contribution in [0.25, 0.3) is 11.5 Å². The highest BCUT2D eigenvalue weighted by atomic mass is 32.1. The lowest BCUT2D eigenvalue weighted by Gasteiger charge is -1.96. The molecule has 0 atom stereocenters. The van der Waals surface area contributed by atoms with Crippen molar-refractivity contribution in [3.05, 3.63) is 51.3 Å². The molecule has 0 aliphatic carbocycles. The maximum atomic E-state index is 11.9. The predicted octanol–water partition coefficient (Wildman–Crippen LogP) is 3.47. The summed E-state index contributed by atoms with van der Waals surface area (Å²) in [6.45, 7) is 1.82. The first-order chi connectivity index (χ1) is 10.5. The number of amides is 1. The number of carbonyl (C=O) groups excluding carboxylic acids is 1. The van der Waals surface area contributed by atoms with Gasteiger partial charge in [0.2, 0.25) is 0 Å². The largest absolute Gasteiger partial charge is 0.460 e. The SMILES string of the molecule is Cc1ccc(-c2csc(NC(=O)c3ccc([N+](=O)[O-])o3)n2)o1. The molecule has 3 heterocycles. The molecule has 22 heavy (non-hydrogen) atoms. The Hall–Kier alpha value is -2.94. The minimum absolute atomic E-state index is 0.155. The zero-order valence-electron chi connectivity index (χ0n) is 11.2. The van der Waals surface area contributed by atoms with Crippen LogP contribution in [0.5, 0.6) is 0 Å². The maximum Gasteiger partial charge on any atom is 0.433 e. The lowest BCUT2D eigenvalue weighted by Crippen LogP contribution is -2.10. The van der Waals surface area contributed by atoms with Crippen LogP contribution in [0.1, 0.15) is 16.3 Å². The van der Waals surface area contributed by atoms with Crippen LogP contribution < -0.4 is 5.32 Å². The molecule has 1 amide bonds. The number of aryl methyl sites for hydroxylation is 1. The molecule has 3 rings (SSSR count). The van der Waals surface area contributed by atoms with Gasteiger partial charge < -0.3 is 8.83 Å². The Morgan fingerprint density at radius 3 is 2.77 bits per heavy atom. The van der Waals surface area contributed by atoms with E-state index in [9.17, 15) is 14.9 Å². The van der Waals surface area contributed by atoms with Crippen molar-refractivity contribution >= 4 is 28.3 Å². The van der Waals surface area contributed by atoms with Gasteiger partial charge in [0, 0.05) is 5.38 Å². The molecule has 0 bridgehead atoms. The Morgan fingerprint density at radius 1 is 1.32 bits per heavy atom. The van der Waals surface area contributed by atoms with E-state index in [1.54, 1.807) is 11.4 Å². The molecule has 8 nitrogen and oxygen atoms in total. The van der Waals surface area contributed by atoms with Crippen LogP contribution in [0.3, 0.4) is 0 Å². The molecule has 9 heteroatoms. The monoisotopic (exact) mass is 319 g/mol. The number of hydrogen-bond acceptors (Lipinski definition) is 7. The van der Waals surface area contributed by atoms with Crippen molar-refractivity contribution in [3.63, 3.8) is 0 Å². The smallest absolute Gasteiger partial charge is 0.433 e. The van der Waals surface area contributed by atoms with Crippen molar-refractivity contribution < 1.29 is 18.6 Å². The number of rotatable bonds is 4. The van der Waals surface area contributed by atoms with Crippen LogP contribution in [0.2, 0.25) is 0 Å². The molecule has 0 fully saturated rings. The van der Waals surface area contributed by atoms with Crippen molar-refractivity contribution in [2.75, 3.05) is 5.32 Å².